The monoisotopic (exact) mass is 174 g/mol. The first-order chi connectivity index (χ1) is 4.95. The summed E-state index contributed by atoms with van der Waals surface area (Å²) in [4.78, 5) is 10.2. The van der Waals surface area contributed by atoms with E-state index in [2.05, 4.69) is 0 Å². The fourth-order valence-electron chi connectivity index (χ4n) is 0.533. The summed E-state index contributed by atoms with van der Waals surface area (Å²) in [5, 5.41) is 18.4. The largest absolute Gasteiger partial charge is 1.00 e. The number of rotatable bonds is 4. The van der Waals surface area contributed by atoms with Crippen molar-refractivity contribution in [3.05, 3.63) is 0 Å². The summed E-state index contributed by atoms with van der Waals surface area (Å²) in [5.74, 6) is -1.83. The molecule has 0 aliphatic carbocycles. The van der Waals surface area contributed by atoms with Crippen LogP contribution >= 0.6 is 0 Å². The maximum Gasteiger partial charge on any atom is 1.00 e. The summed E-state index contributed by atoms with van der Waals surface area (Å²) >= 11 is 0. The molecule has 1 N–H and O–H groups in total. The minimum atomic E-state index is -3.01. The summed E-state index contributed by atoms with van der Waals surface area (Å²) in [6.45, 7) is 0.262. The molecule has 3 nitrogen and oxygen atoms in total. The fraction of sp³-hybridized carbons (Fsp3) is 0.833. The van der Waals surface area contributed by atoms with E-state index in [9.17, 15) is 18.7 Å². The van der Waals surface area contributed by atoms with Gasteiger partial charge in [-0.15, -0.1) is 0 Å². The normalized spacial score (nSPS) is 15.1. The van der Waals surface area contributed by atoms with Crippen LogP contribution in [0.2, 0.25) is 0 Å². The summed E-state index contributed by atoms with van der Waals surface area (Å²) in [7, 11) is 0. The zero-order valence-electron chi connectivity index (χ0n) is 7.01. The number of aliphatic carboxylic acids is 1. The minimum Gasteiger partial charge on any atom is -0.549 e. The van der Waals surface area contributed by atoms with Gasteiger partial charge in [-0.05, 0) is 13.3 Å². The smallest absolute Gasteiger partial charge is 0.549 e. The maximum absolute atomic E-state index is 12.0. The molecule has 0 aliphatic rings. The molecule has 6 heteroatoms. The molecule has 12 heavy (non-hydrogen) atoms. The Morgan fingerprint density at radius 1 is 1.67 bits per heavy atom. The molecule has 1 unspecified atom stereocenters. The van der Waals surface area contributed by atoms with Gasteiger partial charge in [-0.25, -0.2) is 8.78 Å². The number of carbonyl (C=O) groups excluding carboxylic acids is 1. The predicted molar refractivity (Wildman–Crippen MR) is 30.8 cm³/mol. The molecule has 0 aromatic carbocycles. The van der Waals surface area contributed by atoms with Crippen molar-refractivity contribution in [3.63, 3.8) is 0 Å². The Kier molecular flexibility index (Phi) is 6.63. The van der Waals surface area contributed by atoms with E-state index in [4.69, 9.17) is 5.11 Å². The molecule has 0 rings (SSSR count). The van der Waals surface area contributed by atoms with Crippen molar-refractivity contribution in [1.82, 2.24) is 0 Å². The Labute approximate surface area is 80.9 Å². The maximum atomic E-state index is 12.0. The standard InChI is InChI=1S/C6H10F2O3.Li/c1-6(2-3-9,4(7)8)5(10)11;/h4,9H,2-3H2,1H3,(H,10,11);/q;+1/p-1. The van der Waals surface area contributed by atoms with E-state index < -0.39 is 30.8 Å². The number of carbonyl (C=O) groups is 1. The Morgan fingerprint density at radius 3 is 2.17 bits per heavy atom. The van der Waals surface area contributed by atoms with Gasteiger partial charge < -0.3 is 15.0 Å². The van der Waals surface area contributed by atoms with Crippen LogP contribution in [0.1, 0.15) is 13.3 Å². The molecule has 0 fully saturated rings. The first-order valence-corrected chi connectivity index (χ1v) is 3.05. The number of hydrogen-bond acceptors (Lipinski definition) is 3. The summed E-state index contributed by atoms with van der Waals surface area (Å²) in [6.07, 6.45) is -3.51. The fourth-order valence-corrected chi connectivity index (χ4v) is 0.533. The van der Waals surface area contributed by atoms with Crippen molar-refractivity contribution >= 4 is 5.97 Å². The van der Waals surface area contributed by atoms with Gasteiger partial charge in [0.05, 0.1) is 11.4 Å². The number of hydrogen-bond donors (Lipinski definition) is 1. The Morgan fingerprint density at radius 2 is 2.08 bits per heavy atom. The minimum absolute atomic E-state index is 0. The molecular weight excluding hydrogens is 165 g/mol. The van der Waals surface area contributed by atoms with Gasteiger partial charge >= 0.3 is 18.9 Å². The molecular formula is C6H9F2LiO3. The Balaban J connectivity index is 0. The second kappa shape index (κ2) is 5.52. The molecule has 66 valence electrons. The topological polar surface area (TPSA) is 60.4 Å². The predicted octanol–water partition coefficient (Wildman–Crippen LogP) is -3.61. The number of alkyl halides is 2. The number of aliphatic hydroxyl groups excluding tert-OH is 1. The van der Waals surface area contributed by atoms with E-state index in [1.807, 2.05) is 0 Å². The molecule has 0 aliphatic heterocycles. The van der Waals surface area contributed by atoms with Crippen LogP contribution in [0.3, 0.4) is 0 Å². The second-order valence-electron chi connectivity index (χ2n) is 2.48. The Hall–Kier alpha value is -0.113. The molecule has 0 saturated carbocycles. The molecule has 0 radical (unpaired) electrons. The number of carboxylic acids is 1. The van der Waals surface area contributed by atoms with E-state index in [0.29, 0.717) is 0 Å². The van der Waals surface area contributed by atoms with Gasteiger partial charge in [-0.2, -0.15) is 0 Å². The average Bonchev–Trinajstić information content (AvgIpc) is 1.87. The quantitative estimate of drug-likeness (QED) is 0.448. The van der Waals surface area contributed by atoms with Crippen LogP contribution in [-0.4, -0.2) is 24.1 Å². The van der Waals surface area contributed by atoms with Crippen molar-refractivity contribution < 1.29 is 42.6 Å². The van der Waals surface area contributed by atoms with Crippen molar-refractivity contribution in [1.29, 1.82) is 0 Å². The van der Waals surface area contributed by atoms with Gasteiger partial charge in [0.25, 0.3) is 0 Å². The van der Waals surface area contributed by atoms with E-state index >= 15 is 0 Å². The van der Waals surface area contributed by atoms with Gasteiger partial charge in [0.2, 0.25) is 6.43 Å². The van der Waals surface area contributed by atoms with Gasteiger partial charge in [-0.3, -0.25) is 0 Å². The van der Waals surface area contributed by atoms with Crippen LogP contribution in [0.25, 0.3) is 0 Å². The number of aliphatic hydroxyl groups is 1. The zero-order chi connectivity index (χ0) is 9.07. The van der Waals surface area contributed by atoms with Crippen molar-refractivity contribution in [2.45, 2.75) is 19.8 Å². The number of carboxylic acid groups (broad SMARTS) is 1. The molecule has 0 amide bonds. The van der Waals surface area contributed by atoms with E-state index in [1.54, 1.807) is 0 Å². The van der Waals surface area contributed by atoms with Gasteiger partial charge in [0.1, 0.15) is 0 Å². The van der Waals surface area contributed by atoms with Crippen molar-refractivity contribution in [2.75, 3.05) is 6.61 Å². The first-order valence-electron chi connectivity index (χ1n) is 3.05. The summed E-state index contributed by atoms with van der Waals surface area (Å²) in [5.41, 5.74) is -2.23. The SMILES string of the molecule is CC(CCO)(C(=O)[O-])C(F)F.[Li+]. The third kappa shape index (κ3) is 3.09. The van der Waals surface area contributed by atoms with Crippen LogP contribution in [0.15, 0.2) is 0 Å². The molecule has 0 bridgehead atoms. The van der Waals surface area contributed by atoms with Crippen LogP contribution in [0.4, 0.5) is 8.78 Å². The van der Waals surface area contributed by atoms with Crippen molar-refractivity contribution in [2.24, 2.45) is 5.41 Å². The van der Waals surface area contributed by atoms with E-state index in [-0.39, 0.29) is 18.9 Å². The van der Waals surface area contributed by atoms with Gasteiger partial charge in [0, 0.05) is 6.61 Å². The zero-order valence-corrected chi connectivity index (χ0v) is 7.01. The first kappa shape index (κ1) is 14.4. The molecule has 0 aromatic rings. The average molecular weight is 174 g/mol. The molecule has 0 spiro atoms. The third-order valence-electron chi connectivity index (χ3n) is 1.58. The van der Waals surface area contributed by atoms with Gasteiger partial charge in [0.15, 0.2) is 0 Å². The third-order valence-corrected chi connectivity index (χ3v) is 1.58. The Bertz CT molecular complexity index is 154. The van der Waals surface area contributed by atoms with E-state index in [1.165, 1.54) is 0 Å². The second-order valence-corrected chi connectivity index (χ2v) is 2.48. The van der Waals surface area contributed by atoms with Crippen LogP contribution in [0.5, 0.6) is 0 Å². The van der Waals surface area contributed by atoms with Crippen LogP contribution in [-0.2, 0) is 4.79 Å². The summed E-state index contributed by atoms with van der Waals surface area (Å²) < 4.78 is 24.0. The molecule has 0 saturated heterocycles. The van der Waals surface area contributed by atoms with Crippen LogP contribution in [0, 0.1) is 5.41 Å². The van der Waals surface area contributed by atoms with Crippen LogP contribution < -0.4 is 24.0 Å². The van der Waals surface area contributed by atoms with Crippen molar-refractivity contribution in [3.8, 4) is 0 Å². The molecule has 0 aromatic heterocycles. The number of halogens is 2. The summed E-state index contributed by atoms with van der Waals surface area (Å²) in [6, 6.07) is 0. The van der Waals surface area contributed by atoms with Gasteiger partial charge in [-0.1, -0.05) is 0 Å². The molecule has 1 atom stereocenters. The van der Waals surface area contributed by atoms with E-state index in [0.717, 1.165) is 6.92 Å². The molecule has 0 heterocycles.